The number of esters is 2. The molecule has 1 aromatic carbocycles. The maximum Gasteiger partial charge on any atom is 0.341 e. The van der Waals surface area contributed by atoms with Gasteiger partial charge in [-0.2, -0.15) is 0 Å². The zero-order valence-corrected chi connectivity index (χ0v) is 19.8. The molecule has 0 radical (unpaired) electrons. The molecule has 0 fully saturated rings. The Labute approximate surface area is 200 Å². The number of pyridine rings is 2. The number of carbonyl (C=O) groups excluding carboxylic acids is 2. The van der Waals surface area contributed by atoms with Gasteiger partial charge in [-0.1, -0.05) is 47.5 Å². The minimum absolute atomic E-state index is 0.193. The van der Waals surface area contributed by atoms with Crippen molar-refractivity contribution in [2.24, 2.45) is 0 Å². The van der Waals surface area contributed by atoms with Crippen LogP contribution in [0.1, 0.15) is 81.0 Å². The van der Waals surface area contributed by atoms with E-state index in [4.69, 9.17) is 42.6 Å². The zero-order valence-electron chi connectivity index (χ0n) is 18.2. The van der Waals surface area contributed by atoms with E-state index in [2.05, 4.69) is 0 Å². The molecule has 0 aliphatic heterocycles. The van der Waals surface area contributed by atoms with Gasteiger partial charge in [0, 0.05) is 29.4 Å². The van der Waals surface area contributed by atoms with Crippen LogP contribution in [-0.2, 0) is 14.9 Å². The fourth-order valence-corrected chi connectivity index (χ4v) is 5.71. The molecule has 6 rings (SSSR count). The van der Waals surface area contributed by atoms with Crippen LogP contribution in [0.2, 0.25) is 10.0 Å². The SMILES string of the molecule is CCOC(=O)c1cnc2c(c1Cl)C1c3ccccc3C2(C)c2ncc(C(=O)OCC)c(Cl)c21. The van der Waals surface area contributed by atoms with E-state index in [1.165, 1.54) is 12.4 Å². The summed E-state index contributed by atoms with van der Waals surface area (Å²) in [6.07, 6.45) is 2.92. The van der Waals surface area contributed by atoms with Crippen LogP contribution >= 0.6 is 23.2 Å². The van der Waals surface area contributed by atoms with Gasteiger partial charge < -0.3 is 9.47 Å². The molecule has 2 heterocycles. The second-order valence-corrected chi connectivity index (χ2v) is 8.84. The van der Waals surface area contributed by atoms with Crippen LogP contribution < -0.4 is 0 Å². The normalized spacial score (nSPS) is 19.4. The number of hydrogen-bond donors (Lipinski definition) is 0. The molecule has 3 aromatic rings. The van der Waals surface area contributed by atoms with Crippen molar-refractivity contribution in [2.45, 2.75) is 32.1 Å². The standard InChI is InChI=1S/C25H20Cl2N2O4/c1-4-32-23(30)13-10-28-21-17(19(13)26)16-12-8-6-7-9-15(12)25(21,3)22-18(16)20(27)14(11-29-22)24(31)33-5-2/h6-11,16H,4-5H2,1-3H3. The summed E-state index contributed by atoms with van der Waals surface area (Å²) in [7, 11) is 0. The van der Waals surface area contributed by atoms with Gasteiger partial charge in [-0.05, 0) is 31.9 Å². The van der Waals surface area contributed by atoms with E-state index in [1.54, 1.807) is 13.8 Å². The van der Waals surface area contributed by atoms with Crippen molar-refractivity contribution < 1.29 is 19.1 Å². The molecular weight excluding hydrogens is 463 g/mol. The molecule has 6 nitrogen and oxygen atoms in total. The lowest BCUT2D eigenvalue weighted by Crippen LogP contribution is -2.42. The molecule has 0 spiro atoms. The van der Waals surface area contributed by atoms with Gasteiger partial charge in [-0.25, -0.2) is 9.59 Å². The van der Waals surface area contributed by atoms with Gasteiger partial charge >= 0.3 is 11.9 Å². The summed E-state index contributed by atoms with van der Waals surface area (Å²) in [5, 5.41) is 0.542. The number of hydrogen-bond acceptors (Lipinski definition) is 6. The highest BCUT2D eigenvalue weighted by atomic mass is 35.5. The van der Waals surface area contributed by atoms with Crippen molar-refractivity contribution in [3.8, 4) is 0 Å². The predicted molar refractivity (Wildman–Crippen MR) is 123 cm³/mol. The smallest absolute Gasteiger partial charge is 0.341 e. The maximum atomic E-state index is 12.6. The average molecular weight is 483 g/mol. The lowest BCUT2D eigenvalue weighted by atomic mass is 9.56. The highest BCUT2D eigenvalue weighted by molar-refractivity contribution is 6.36. The molecule has 0 saturated heterocycles. The Balaban J connectivity index is 1.84. The Morgan fingerprint density at radius 1 is 0.909 bits per heavy atom. The maximum absolute atomic E-state index is 12.6. The second-order valence-electron chi connectivity index (χ2n) is 8.08. The third kappa shape index (κ3) is 2.87. The minimum Gasteiger partial charge on any atom is -0.462 e. The monoisotopic (exact) mass is 482 g/mol. The van der Waals surface area contributed by atoms with Crippen LogP contribution in [0.25, 0.3) is 0 Å². The van der Waals surface area contributed by atoms with E-state index in [9.17, 15) is 9.59 Å². The largest absolute Gasteiger partial charge is 0.462 e. The van der Waals surface area contributed by atoms with Crippen LogP contribution in [0.4, 0.5) is 0 Å². The number of ether oxygens (including phenoxy) is 2. The highest BCUT2D eigenvalue weighted by Crippen LogP contribution is 2.60. The highest BCUT2D eigenvalue weighted by Gasteiger charge is 2.53. The van der Waals surface area contributed by atoms with E-state index in [1.807, 2.05) is 31.2 Å². The van der Waals surface area contributed by atoms with E-state index in [-0.39, 0.29) is 34.4 Å². The Bertz CT molecular complexity index is 1260. The fraction of sp³-hybridized carbons (Fsp3) is 0.280. The Kier molecular flexibility index (Phi) is 5.18. The van der Waals surface area contributed by atoms with Gasteiger partial charge in [0.25, 0.3) is 0 Å². The number of nitrogens with zero attached hydrogens (tertiary/aromatic N) is 2. The van der Waals surface area contributed by atoms with Crippen molar-refractivity contribution >= 4 is 35.1 Å². The number of carbonyl (C=O) groups is 2. The van der Waals surface area contributed by atoms with Gasteiger partial charge in [0.2, 0.25) is 0 Å². The lowest BCUT2D eigenvalue weighted by molar-refractivity contribution is 0.0516. The topological polar surface area (TPSA) is 78.4 Å². The predicted octanol–water partition coefficient (Wildman–Crippen LogP) is 5.30. The third-order valence-corrected chi connectivity index (χ3v) is 7.24. The first-order valence-corrected chi connectivity index (χ1v) is 11.4. The van der Waals surface area contributed by atoms with Crippen molar-refractivity contribution in [2.75, 3.05) is 13.2 Å². The second kappa shape index (κ2) is 7.82. The number of aromatic nitrogens is 2. The zero-order chi connectivity index (χ0) is 23.5. The lowest BCUT2D eigenvalue weighted by Gasteiger charge is -2.47. The first-order valence-electron chi connectivity index (χ1n) is 10.7. The summed E-state index contributed by atoms with van der Waals surface area (Å²) in [5.41, 5.74) is 4.42. The first kappa shape index (κ1) is 21.9. The molecule has 2 bridgehead atoms. The Morgan fingerprint density at radius 3 is 1.88 bits per heavy atom. The van der Waals surface area contributed by atoms with Crippen molar-refractivity contribution in [1.82, 2.24) is 9.97 Å². The van der Waals surface area contributed by atoms with Crippen LogP contribution in [0.15, 0.2) is 36.7 Å². The summed E-state index contributed by atoms with van der Waals surface area (Å²) in [6.45, 7) is 5.92. The molecular formula is C25H20Cl2N2O4. The van der Waals surface area contributed by atoms with Gasteiger partial charge in [0.15, 0.2) is 0 Å². The fourth-order valence-electron chi connectivity index (χ4n) is 5.06. The molecule has 3 aliphatic rings. The summed E-state index contributed by atoms with van der Waals surface area (Å²) < 4.78 is 10.4. The number of rotatable bonds is 4. The number of halogens is 2. The van der Waals surface area contributed by atoms with Crippen molar-refractivity contribution in [1.29, 1.82) is 0 Å². The van der Waals surface area contributed by atoms with Gasteiger partial charge in [-0.15, -0.1) is 0 Å². The molecule has 0 saturated carbocycles. The van der Waals surface area contributed by atoms with Crippen LogP contribution in [0.3, 0.4) is 0 Å². The Hall–Kier alpha value is -2.96. The molecule has 0 unspecified atom stereocenters. The van der Waals surface area contributed by atoms with E-state index in [0.717, 1.165) is 11.1 Å². The van der Waals surface area contributed by atoms with Gasteiger partial charge in [0.1, 0.15) is 0 Å². The van der Waals surface area contributed by atoms with Crippen LogP contribution in [0, 0.1) is 0 Å². The summed E-state index contributed by atoms with van der Waals surface area (Å²) in [5.74, 6) is -1.53. The number of benzene rings is 1. The Morgan fingerprint density at radius 2 is 1.39 bits per heavy atom. The summed E-state index contributed by atoms with van der Waals surface area (Å²) in [4.78, 5) is 34.5. The third-order valence-electron chi connectivity index (χ3n) is 6.43. The van der Waals surface area contributed by atoms with E-state index >= 15 is 0 Å². The molecule has 2 aromatic heterocycles. The first-order chi connectivity index (χ1) is 15.9. The molecule has 0 atom stereocenters. The quantitative estimate of drug-likeness (QED) is 0.469. The van der Waals surface area contributed by atoms with Gasteiger partial charge in [0.05, 0.1) is 51.2 Å². The average Bonchev–Trinajstić information content (AvgIpc) is 2.80. The van der Waals surface area contributed by atoms with E-state index < -0.39 is 23.3 Å². The van der Waals surface area contributed by atoms with E-state index in [0.29, 0.717) is 22.5 Å². The van der Waals surface area contributed by atoms with Crippen LogP contribution in [0.5, 0.6) is 0 Å². The van der Waals surface area contributed by atoms with Crippen molar-refractivity contribution in [3.63, 3.8) is 0 Å². The summed E-state index contributed by atoms with van der Waals surface area (Å²) in [6, 6.07) is 7.95. The molecule has 3 aliphatic carbocycles. The molecule has 33 heavy (non-hydrogen) atoms. The van der Waals surface area contributed by atoms with Crippen molar-refractivity contribution in [3.05, 3.63) is 91.5 Å². The summed E-state index contributed by atoms with van der Waals surface area (Å²) >= 11 is 13.7. The molecule has 8 heteroatoms. The minimum atomic E-state index is -0.774. The molecule has 168 valence electrons. The van der Waals surface area contributed by atoms with Gasteiger partial charge in [-0.3, -0.25) is 9.97 Å². The molecule has 0 amide bonds. The van der Waals surface area contributed by atoms with Crippen LogP contribution in [-0.4, -0.2) is 35.1 Å². The molecule has 0 N–H and O–H groups in total.